The molecular formula is C22H34O4. The largest absolute Gasteiger partial charge is 0.478 e. The van der Waals surface area contributed by atoms with Crippen molar-refractivity contribution in [2.75, 3.05) is 0 Å². The molecule has 1 aromatic rings. The number of carbonyl (C=O) groups is 2. The summed E-state index contributed by atoms with van der Waals surface area (Å²) >= 11 is 0. The highest BCUT2D eigenvalue weighted by atomic mass is 16.5. The molecule has 1 unspecified atom stereocenters. The van der Waals surface area contributed by atoms with E-state index >= 15 is 0 Å². The maximum absolute atomic E-state index is 12.4. The standard InChI is InChI=1S/C22H34O4/c1-4-5-6-7-8-9-10-11-16-20(17(2)3)26-22(25)19-15-13-12-14-18(19)21(23)24/h12-15,17,20H,4-11,16H2,1-3H3,(H,23,24). The lowest BCUT2D eigenvalue weighted by molar-refractivity contribution is 0.0147. The Balaban J connectivity index is 2.46. The Morgan fingerprint density at radius 3 is 2.00 bits per heavy atom. The number of benzene rings is 1. The number of hydrogen-bond acceptors (Lipinski definition) is 3. The van der Waals surface area contributed by atoms with Crippen molar-refractivity contribution >= 4 is 11.9 Å². The molecule has 0 aliphatic rings. The summed E-state index contributed by atoms with van der Waals surface area (Å²) in [5.41, 5.74) is 0.119. The van der Waals surface area contributed by atoms with Crippen molar-refractivity contribution in [2.45, 2.75) is 84.7 Å². The molecule has 0 radical (unpaired) electrons. The van der Waals surface area contributed by atoms with Crippen LogP contribution in [0.4, 0.5) is 0 Å². The molecule has 1 aromatic carbocycles. The van der Waals surface area contributed by atoms with Crippen LogP contribution in [0.3, 0.4) is 0 Å². The minimum absolute atomic E-state index is 0.00733. The maximum Gasteiger partial charge on any atom is 0.339 e. The minimum atomic E-state index is -1.11. The zero-order valence-electron chi connectivity index (χ0n) is 16.5. The lowest BCUT2D eigenvalue weighted by atomic mass is 9.99. The zero-order chi connectivity index (χ0) is 19.4. The summed E-state index contributed by atoms with van der Waals surface area (Å²) in [6.45, 7) is 6.29. The number of esters is 1. The molecule has 4 nitrogen and oxygen atoms in total. The van der Waals surface area contributed by atoms with Crippen molar-refractivity contribution in [1.29, 1.82) is 0 Å². The van der Waals surface area contributed by atoms with Crippen LogP contribution < -0.4 is 0 Å². The van der Waals surface area contributed by atoms with Crippen LogP contribution >= 0.6 is 0 Å². The Kier molecular flexibility index (Phi) is 10.7. The summed E-state index contributed by atoms with van der Waals surface area (Å²) < 4.78 is 5.65. The highest BCUT2D eigenvalue weighted by Gasteiger charge is 2.22. The van der Waals surface area contributed by atoms with Crippen LogP contribution in [-0.4, -0.2) is 23.1 Å². The fraction of sp³-hybridized carbons (Fsp3) is 0.636. The van der Waals surface area contributed by atoms with Gasteiger partial charge in [-0.25, -0.2) is 9.59 Å². The van der Waals surface area contributed by atoms with Gasteiger partial charge in [0.2, 0.25) is 0 Å². The number of aromatic carboxylic acids is 1. The van der Waals surface area contributed by atoms with E-state index in [2.05, 4.69) is 6.92 Å². The van der Waals surface area contributed by atoms with Gasteiger partial charge in [-0.2, -0.15) is 0 Å². The second-order valence-corrected chi connectivity index (χ2v) is 7.30. The first-order valence-electron chi connectivity index (χ1n) is 10.0. The lowest BCUT2D eigenvalue weighted by Crippen LogP contribution is -2.24. The Labute approximate surface area is 158 Å². The molecule has 4 heteroatoms. The van der Waals surface area contributed by atoms with Crippen molar-refractivity contribution < 1.29 is 19.4 Å². The van der Waals surface area contributed by atoms with Crippen molar-refractivity contribution in [2.24, 2.45) is 5.92 Å². The summed E-state index contributed by atoms with van der Waals surface area (Å²) in [7, 11) is 0. The van der Waals surface area contributed by atoms with Gasteiger partial charge in [-0.05, 0) is 30.9 Å². The van der Waals surface area contributed by atoms with Crippen LogP contribution in [0.5, 0.6) is 0 Å². The number of hydrogen-bond donors (Lipinski definition) is 1. The number of carboxylic acid groups (broad SMARTS) is 1. The van der Waals surface area contributed by atoms with Gasteiger partial charge in [-0.1, -0.05) is 77.8 Å². The van der Waals surface area contributed by atoms with Crippen LogP contribution in [-0.2, 0) is 4.74 Å². The van der Waals surface area contributed by atoms with Crippen LogP contribution in [0.15, 0.2) is 24.3 Å². The van der Waals surface area contributed by atoms with E-state index in [0.29, 0.717) is 0 Å². The van der Waals surface area contributed by atoms with Gasteiger partial charge in [0.1, 0.15) is 6.10 Å². The van der Waals surface area contributed by atoms with Crippen molar-refractivity contribution in [1.82, 2.24) is 0 Å². The molecule has 26 heavy (non-hydrogen) atoms. The zero-order valence-corrected chi connectivity index (χ0v) is 16.5. The van der Waals surface area contributed by atoms with Crippen molar-refractivity contribution in [3.8, 4) is 0 Å². The van der Waals surface area contributed by atoms with E-state index in [1.165, 1.54) is 50.7 Å². The van der Waals surface area contributed by atoms with Gasteiger partial charge in [0.15, 0.2) is 0 Å². The topological polar surface area (TPSA) is 63.6 Å². The normalized spacial score (nSPS) is 12.2. The van der Waals surface area contributed by atoms with Gasteiger partial charge in [0.05, 0.1) is 11.1 Å². The van der Waals surface area contributed by atoms with Gasteiger partial charge in [0, 0.05) is 0 Å². The van der Waals surface area contributed by atoms with Crippen molar-refractivity contribution in [3.63, 3.8) is 0 Å². The van der Waals surface area contributed by atoms with Crippen LogP contribution in [0.1, 0.15) is 99.3 Å². The van der Waals surface area contributed by atoms with Gasteiger partial charge < -0.3 is 9.84 Å². The average Bonchev–Trinajstić information content (AvgIpc) is 2.62. The number of carboxylic acids is 1. The predicted molar refractivity (Wildman–Crippen MR) is 105 cm³/mol. The molecule has 1 rings (SSSR count). The Morgan fingerprint density at radius 2 is 1.46 bits per heavy atom. The SMILES string of the molecule is CCCCCCCCCCC(OC(=O)c1ccccc1C(=O)O)C(C)C. The molecule has 146 valence electrons. The van der Waals surface area contributed by atoms with Gasteiger partial charge >= 0.3 is 11.9 Å². The van der Waals surface area contributed by atoms with E-state index in [1.807, 2.05) is 13.8 Å². The monoisotopic (exact) mass is 362 g/mol. The molecular weight excluding hydrogens is 328 g/mol. The fourth-order valence-corrected chi connectivity index (χ4v) is 3.06. The molecule has 0 spiro atoms. The molecule has 0 aliphatic carbocycles. The third kappa shape index (κ3) is 8.03. The summed E-state index contributed by atoms with van der Waals surface area (Å²) in [6, 6.07) is 6.22. The molecule has 1 atom stereocenters. The molecule has 0 bridgehead atoms. The van der Waals surface area contributed by atoms with E-state index in [1.54, 1.807) is 12.1 Å². The highest BCUT2D eigenvalue weighted by Crippen LogP contribution is 2.19. The fourth-order valence-electron chi connectivity index (χ4n) is 3.06. The van der Waals surface area contributed by atoms with Crippen LogP contribution in [0, 0.1) is 5.92 Å². The van der Waals surface area contributed by atoms with Crippen LogP contribution in [0.25, 0.3) is 0 Å². The van der Waals surface area contributed by atoms with E-state index < -0.39 is 11.9 Å². The van der Waals surface area contributed by atoms with Gasteiger partial charge in [0.25, 0.3) is 0 Å². The van der Waals surface area contributed by atoms with E-state index in [-0.39, 0.29) is 23.1 Å². The third-order valence-electron chi connectivity index (χ3n) is 4.72. The Bertz CT molecular complexity index is 551. The summed E-state index contributed by atoms with van der Waals surface area (Å²) in [6.07, 6.45) is 10.6. The molecule has 0 saturated heterocycles. The smallest absolute Gasteiger partial charge is 0.339 e. The van der Waals surface area contributed by atoms with E-state index in [4.69, 9.17) is 4.74 Å². The van der Waals surface area contributed by atoms with Gasteiger partial charge in [-0.15, -0.1) is 0 Å². The predicted octanol–water partition coefficient (Wildman–Crippen LogP) is 6.10. The first-order valence-corrected chi connectivity index (χ1v) is 10.0. The second kappa shape index (κ2) is 12.5. The molecule has 1 N–H and O–H groups in total. The molecule has 0 aliphatic heterocycles. The average molecular weight is 363 g/mol. The second-order valence-electron chi connectivity index (χ2n) is 7.30. The van der Waals surface area contributed by atoms with E-state index in [0.717, 1.165) is 19.3 Å². The molecule has 0 saturated carbocycles. The minimum Gasteiger partial charge on any atom is -0.478 e. The number of rotatable bonds is 13. The third-order valence-corrected chi connectivity index (χ3v) is 4.72. The first kappa shape index (κ1) is 22.2. The maximum atomic E-state index is 12.4. The van der Waals surface area contributed by atoms with Crippen LogP contribution in [0.2, 0.25) is 0 Å². The summed E-state index contributed by atoms with van der Waals surface area (Å²) in [4.78, 5) is 23.7. The molecule has 0 fully saturated rings. The van der Waals surface area contributed by atoms with Gasteiger partial charge in [-0.3, -0.25) is 0 Å². The Hall–Kier alpha value is -1.84. The number of unbranched alkanes of at least 4 members (excludes halogenated alkanes) is 7. The molecule has 0 heterocycles. The number of carbonyl (C=O) groups excluding carboxylic acids is 1. The lowest BCUT2D eigenvalue weighted by Gasteiger charge is -2.22. The van der Waals surface area contributed by atoms with E-state index in [9.17, 15) is 14.7 Å². The molecule has 0 aromatic heterocycles. The summed E-state index contributed by atoms with van der Waals surface area (Å²) in [5, 5.41) is 9.23. The Morgan fingerprint density at radius 1 is 0.923 bits per heavy atom. The quantitative estimate of drug-likeness (QED) is 0.340. The van der Waals surface area contributed by atoms with Crippen molar-refractivity contribution in [3.05, 3.63) is 35.4 Å². The first-order chi connectivity index (χ1) is 12.5. The molecule has 0 amide bonds. The summed E-state index contributed by atoms with van der Waals surface area (Å²) in [5.74, 6) is -1.44. The number of ether oxygens (including phenoxy) is 1. The highest BCUT2D eigenvalue weighted by molar-refractivity contribution is 6.02.